The second-order valence-electron chi connectivity index (χ2n) is 4.73. The maximum Gasteiger partial charge on any atom is 0.118 e. The average Bonchev–Trinajstić information content (AvgIpc) is 2.69. The molecule has 3 rings (SSSR count). The molecule has 3 aliphatic heterocycles. The lowest BCUT2D eigenvalue weighted by Gasteiger charge is -2.43. The largest absolute Gasteiger partial charge is 0.357 e. The van der Waals surface area contributed by atoms with E-state index in [1.165, 1.54) is 11.4 Å². The van der Waals surface area contributed by atoms with E-state index in [1.54, 1.807) is 0 Å². The predicted molar refractivity (Wildman–Crippen MR) is 63.4 cm³/mol. The molecule has 0 radical (unpaired) electrons. The smallest absolute Gasteiger partial charge is 0.118 e. The zero-order valence-electron chi connectivity index (χ0n) is 10.3. The Hall–Kier alpha value is -1.58. The van der Waals surface area contributed by atoms with Crippen LogP contribution in [0.3, 0.4) is 0 Å². The van der Waals surface area contributed by atoms with E-state index in [-0.39, 0.29) is 0 Å². The highest BCUT2D eigenvalue weighted by atomic mass is 15.7. The van der Waals surface area contributed by atoms with Crippen molar-refractivity contribution in [3.63, 3.8) is 0 Å². The highest BCUT2D eigenvalue weighted by Gasteiger charge is 2.39. The van der Waals surface area contributed by atoms with Crippen molar-refractivity contribution in [2.24, 2.45) is 0 Å². The summed E-state index contributed by atoms with van der Waals surface area (Å²) in [5, 5.41) is 4.72. The van der Waals surface area contributed by atoms with Crippen molar-refractivity contribution in [1.29, 1.82) is 0 Å². The molecule has 3 heterocycles. The van der Waals surface area contributed by atoms with Gasteiger partial charge in [-0.2, -0.15) is 0 Å². The zero-order chi connectivity index (χ0) is 11.4. The lowest BCUT2D eigenvalue weighted by molar-refractivity contribution is -0.0533. The molecule has 0 amide bonds. The molecule has 0 bridgehead atoms. The minimum atomic E-state index is 0.386. The lowest BCUT2D eigenvalue weighted by atomic mass is 10.3. The molecule has 0 spiro atoms. The first-order valence-corrected chi connectivity index (χ1v) is 5.73. The van der Waals surface area contributed by atoms with E-state index in [2.05, 4.69) is 72.3 Å². The van der Waals surface area contributed by atoms with Gasteiger partial charge in [0.1, 0.15) is 12.3 Å². The van der Waals surface area contributed by atoms with Crippen molar-refractivity contribution in [2.45, 2.75) is 26.2 Å². The zero-order valence-corrected chi connectivity index (χ0v) is 10.3. The molecule has 0 N–H and O–H groups in total. The fourth-order valence-electron chi connectivity index (χ4n) is 2.55. The third kappa shape index (κ3) is 1.04. The number of rotatable bonds is 0. The topological polar surface area (TPSA) is 13.0 Å². The van der Waals surface area contributed by atoms with Crippen molar-refractivity contribution in [1.82, 2.24) is 19.8 Å². The van der Waals surface area contributed by atoms with E-state index in [0.717, 1.165) is 0 Å². The Morgan fingerprint density at radius 3 is 1.56 bits per heavy atom. The molecule has 3 aliphatic rings. The molecule has 0 saturated heterocycles. The molecular formula is C12H18N4. The number of hydrogen-bond acceptors (Lipinski definition) is 4. The monoisotopic (exact) mass is 218 g/mol. The van der Waals surface area contributed by atoms with E-state index in [1.807, 2.05) is 0 Å². The molecule has 0 aromatic carbocycles. The van der Waals surface area contributed by atoms with Crippen LogP contribution in [0, 0.1) is 0 Å². The van der Waals surface area contributed by atoms with Gasteiger partial charge in [0.2, 0.25) is 0 Å². The lowest BCUT2D eigenvalue weighted by Crippen LogP contribution is -2.52. The maximum absolute atomic E-state index is 2.36. The highest BCUT2D eigenvalue weighted by Crippen LogP contribution is 2.36. The molecule has 0 saturated carbocycles. The van der Waals surface area contributed by atoms with Gasteiger partial charge < -0.3 is 9.80 Å². The number of nitrogens with zero attached hydrogens (tertiary/aromatic N) is 4. The van der Waals surface area contributed by atoms with E-state index < -0.39 is 0 Å². The molecule has 86 valence electrons. The first kappa shape index (κ1) is 9.63. The van der Waals surface area contributed by atoms with Gasteiger partial charge in [0, 0.05) is 26.5 Å². The molecule has 16 heavy (non-hydrogen) atoms. The summed E-state index contributed by atoms with van der Waals surface area (Å²) in [6, 6.07) is 0. The number of hydrogen-bond donors (Lipinski definition) is 0. The molecule has 4 nitrogen and oxygen atoms in total. The first-order valence-electron chi connectivity index (χ1n) is 5.73. The van der Waals surface area contributed by atoms with Crippen molar-refractivity contribution in [3.05, 3.63) is 35.9 Å². The van der Waals surface area contributed by atoms with Crippen LogP contribution in [-0.2, 0) is 0 Å². The summed E-state index contributed by atoms with van der Waals surface area (Å²) in [6.45, 7) is 4.46. The van der Waals surface area contributed by atoms with Crippen LogP contribution in [0.1, 0.15) is 13.8 Å². The molecular weight excluding hydrogens is 200 g/mol. The molecule has 0 fully saturated rings. The SMILES string of the molecule is CC1N(C)C=C2C=CC3=CN(C)C(C)N3N21. The van der Waals surface area contributed by atoms with Crippen LogP contribution in [0.15, 0.2) is 35.9 Å². The molecule has 0 aromatic heterocycles. The van der Waals surface area contributed by atoms with Crippen LogP contribution in [0.4, 0.5) is 0 Å². The number of hydrazine groups is 1. The number of fused-ring (bicyclic) bond motifs is 3. The first-order chi connectivity index (χ1) is 7.59. The van der Waals surface area contributed by atoms with Gasteiger partial charge in [0.25, 0.3) is 0 Å². The van der Waals surface area contributed by atoms with Gasteiger partial charge in [-0.15, -0.1) is 0 Å². The highest BCUT2D eigenvalue weighted by molar-refractivity contribution is 5.35. The van der Waals surface area contributed by atoms with Gasteiger partial charge in [-0.3, -0.25) is 10.0 Å². The predicted octanol–water partition coefficient (Wildman–Crippen LogP) is 1.34. The van der Waals surface area contributed by atoms with E-state index in [4.69, 9.17) is 0 Å². The molecule has 2 atom stereocenters. The van der Waals surface area contributed by atoms with Crippen molar-refractivity contribution < 1.29 is 0 Å². The van der Waals surface area contributed by atoms with Gasteiger partial charge in [0.15, 0.2) is 0 Å². The third-order valence-electron chi connectivity index (χ3n) is 3.74. The van der Waals surface area contributed by atoms with Gasteiger partial charge in [-0.1, -0.05) is 0 Å². The standard InChI is InChI=1S/C12H18N4/c1-9-13(3)7-11-5-6-12-8-14(4)10(2)16(12)15(9)11/h5-10H,1-4H3. The fourth-order valence-corrected chi connectivity index (χ4v) is 2.55. The van der Waals surface area contributed by atoms with Crippen LogP contribution in [0.5, 0.6) is 0 Å². The summed E-state index contributed by atoms with van der Waals surface area (Å²) in [5.41, 5.74) is 2.55. The Morgan fingerprint density at radius 2 is 1.19 bits per heavy atom. The van der Waals surface area contributed by atoms with E-state index in [0.29, 0.717) is 12.3 Å². The second-order valence-corrected chi connectivity index (χ2v) is 4.73. The Balaban J connectivity index is 2.02. The van der Waals surface area contributed by atoms with Gasteiger partial charge in [0.05, 0.1) is 11.4 Å². The van der Waals surface area contributed by atoms with Gasteiger partial charge in [-0.25, -0.2) is 0 Å². The van der Waals surface area contributed by atoms with Crippen LogP contribution < -0.4 is 0 Å². The Bertz CT molecular complexity index is 371. The average molecular weight is 218 g/mol. The summed E-state index contributed by atoms with van der Waals surface area (Å²) in [7, 11) is 4.25. The summed E-state index contributed by atoms with van der Waals surface area (Å²) in [5.74, 6) is 0. The van der Waals surface area contributed by atoms with Crippen molar-refractivity contribution >= 4 is 0 Å². The quantitative estimate of drug-likeness (QED) is 0.608. The summed E-state index contributed by atoms with van der Waals surface area (Å²) in [6.07, 6.45) is 9.54. The Kier molecular flexibility index (Phi) is 1.79. The van der Waals surface area contributed by atoms with E-state index >= 15 is 0 Å². The van der Waals surface area contributed by atoms with Gasteiger partial charge in [-0.05, 0) is 26.0 Å². The fraction of sp³-hybridized carbons (Fsp3) is 0.500. The Morgan fingerprint density at radius 1 is 0.812 bits per heavy atom. The van der Waals surface area contributed by atoms with Crippen molar-refractivity contribution in [2.75, 3.05) is 14.1 Å². The van der Waals surface area contributed by atoms with Crippen molar-refractivity contribution in [3.8, 4) is 0 Å². The summed E-state index contributed by atoms with van der Waals surface area (Å²) in [4.78, 5) is 4.49. The van der Waals surface area contributed by atoms with Crippen LogP contribution >= 0.6 is 0 Å². The molecule has 0 aliphatic carbocycles. The van der Waals surface area contributed by atoms with Crippen LogP contribution in [-0.4, -0.2) is 46.2 Å². The van der Waals surface area contributed by atoms with Crippen LogP contribution in [0.25, 0.3) is 0 Å². The minimum absolute atomic E-state index is 0.386. The Labute approximate surface area is 96.7 Å². The second kappa shape index (κ2) is 2.97. The minimum Gasteiger partial charge on any atom is -0.357 e. The normalized spacial score (nSPS) is 31.8. The molecule has 0 aromatic rings. The summed E-state index contributed by atoms with van der Waals surface area (Å²) >= 11 is 0. The van der Waals surface area contributed by atoms with E-state index in [9.17, 15) is 0 Å². The molecule has 4 heteroatoms. The number of allylic oxidation sites excluding steroid dienone is 2. The summed E-state index contributed by atoms with van der Waals surface area (Å²) < 4.78 is 0. The van der Waals surface area contributed by atoms with Crippen LogP contribution in [0.2, 0.25) is 0 Å². The van der Waals surface area contributed by atoms with Gasteiger partial charge >= 0.3 is 0 Å². The molecule has 2 unspecified atom stereocenters. The maximum atomic E-state index is 2.36. The third-order valence-corrected chi connectivity index (χ3v) is 3.74.